The molecule has 0 spiro atoms. The van der Waals surface area contributed by atoms with E-state index in [9.17, 15) is 4.79 Å². The Hall–Kier alpha value is -1.65. The van der Waals surface area contributed by atoms with E-state index >= 15 is 0 Å². The zero-order chi connectivity index (χ0) is 14.4. The Labute approximate surface area is 127 Å². The molecule has 2 aromatic rings. The SMILES string of the molecule is C[NH+](CC(=O)Nc1cccc(Br)c1)Cc1ccccc1. The van der Waals surface area contributed by atoms with E-state index < -0.39 is 0 Å². The van der Waals surface area contributed by atoms with Crippen LogP contribution in [0.5, 0.6) is 0 Å². The molecule has 1 atom stereocenters. The lowest BCUT2D eigenvalue weighted by Crippen LogP contribution is -3.08. The number of benzene rings is 2. The van der Waals surface area contributed by atoms with Crippen molar-refractivity contribution in [2.24, 2.45) is 0 Å². The molecular weight excluding hydrogens is 316 g/mol. The third-order valence-corrected chi connectivity index (χ3v) is 3.41. The van der Waals surface area contributed by atoms with Gasteiger partial charge in [-0.1, -0.05) is 52.3 Å². The fourth-order valence-corrected chi connectivity index (χ4v) is 2.45. The van der Waals surface area contributed by atoms with E-state index in [-0.39, 0.29) is 5.91 Å². The zero-order valence-corrected chi connectivity index (χ0v) is 13.0. The number of halogens is 1. The van der Waals surface area contributed by atoms with Crippen molar-refractivity contribution in [3.8, 4) is 0 Å². The first-order valence-electron chi connectivity index (χ1n) is 6.54. The highest BCUT2D eigenvalue weighted by molar-refractivity contribution is 9.10. The highest BCUT2D eigenvalue weighted by Gasteiger charge is 2.10. The highest BCUT2D eigenvalue weighted by Crippen LogP contribution is 2.15. The minimum atomic E-state index is 0.0246. The third kappa shape index (κ3) is 4.79. The van der Waals surface area contributed by atoms with Crippen molar-refractivity contribution in [2.75, 3.05) is 18.9 Å². The molecule has 104 valence electrons. The Morgan fingerprint density at radius 2 is 1.90 bits per heavy atom. The number of likely N-dealkylation sites (N-methyl/N-ethyl adjacent to an activating group) is 1. The lowest BCUT2D eigenvalue weighted by Gasteiger charge is -2.14. The summed E-state index contributed by atoms with van der Waals surface area (Å²) in [5.41, 5.74) is 2.05. The van der Waals surface area contributed by atoms with Crippen molar-refractivity contribution in [2.45, 2.75) is 6.54 Å². The number of rotatable bonds is 5. The van der Waals surface area contributed by atoms with Gasteiger partial charge in [0.25, 0.3) is 5.91 Å². The molecule has 0 aliphatic rings. The normalized spacial score (nSPS) is 11.9. The number of amides is 1. The van der Waals surface area contributed by atoms with Gasteiger partial charge in [-0.15, -0.1) is 0 Å². The minimum absolute atomic E-state index is 0.0246. The first-order valence-corrected chi connectivity index (χ1v) is 7.33. The molecule has 0 aromatic heterocycles. The average Bonchev–Trinajstić information content (AvgIpc) is 2.39. The van der Waals surface area contributed by atoms with E-state index in [0.717, 1.165) is 21.6 Å². The Morgan fingerprint density at radius 1 is 1.15 bits per heavy atom. The smallest absolute Gasteiger partial charge is 0.279 e. The molecule has 0 heterocycles. The maximum atomic E-state index is 12.0. The summed E-state index contributed by atoms with van der Waals surface area (Å²) in [7, 11) is 2.02. The first kappa shape index (κ1) is 14.8. The highest BCUT2D eigenvalue weighted by atomic mass is 79.9. The van der Waals surface area contributed by atoms with E-state index in [1.165, 1.54) is 5.56 Å². The van der Waals surface area contributed by atoms with Crippen LogP contribution >= 0.6 is 15.9 Å². The van der Waals surface area contributed by atoms with Crippen molar-refractivity contribution in [1.82, 2.24) is 0 Å². The number of anilines is 1. The molecule has 0 saturated heterocycles. The summed E-state index contributed by atoms with van der Waals surface area (Å²) in [5, 5.41) is 2.91. The average molecular weight is 334 g/mol. The van der Waals surface area contributed by atoms with Crippen molar-refractivity contribution < 1.29 is 9.69 Å². The van der Waals surface area contributed by atoms with Crippen molar-refractivity contribution in [1.29, 1.82) is 0 Å². The number of quaternary nitrogens is 1. The first-order chi connectivity index (χ1) is 9.63. The lowest BCUT2D eigenvalue weighted by molar-refractivity contribution is -0.885. The molecule has 0 saturated carbocycles. The quantitative estimate of drug-likeness (QED) is 0.863. The molecule has 0 aliphatic carbocycles. The van der Waals surface area contributed by atoms with Crippen LogP contribution in [0.2, 0.25) is 0 Å². The van der Waals surface area contributed by atoms with Crippen LogP contribution in [0.25, 0.3) is 0 Å². The molecule has 2 rings (SSSR count). The number of nitrogens with one attached hydrogen (secondary N) is 2. The van der Waals surface area contributed by atoms with E-state index in [2.05, 4.69) is 33.4 Å². The Morgan fingerprint density at radius 3 is 2.60 bits per heavy atom. The molecule has 2 N–H and O–H groups in total. The van der Waals surface area contributed by atoms with Crippen LogP contribution in [0.4, 0.5) is 5.69 Å². The number of hydrogen-bond acceptors (Lipinski definition) is 1. The van der Waals surface area contributed by atoms with E-state index in [4.69, 9.17) is 0 Å². The number of hydrogen-bond donors (Lipinski definition) is 2. The van der Waals surface area contributed by atoms with E-state index in [0.29, 0.717) is 6.54 Å². The monoisotopic (exact) mass is 333 g/mol. The molecule has 20 heavy (non-hydrogen) atoms. The third-order valence-electron chi connectivity index (χ3n) is 2.92. The molecule has 2 aromatic carbocycles. The van der Waals surface area contributed by atoms with Crippen LogP contribution < -0.4 is 10.2 Å². The Balaban J connectivity index is 1.85. The topological polar surface area (TPSA) is 33.5 Å². The predicted molar refractivity (Wildman–Crippen MR) is 84.7 cm³/mol. The number of carbonyl (C=O) groups excluding carboxylic acids is 1. The second kappa shape index (κ2) is 7.22. The second-order valence-electron chi connectivity index (χ2n) is 4.85. The van der Waals surface area contributed by atoms with Gasteiger partial charge in [0.15, 0.2) is 6.54 Å². The van der Waals surface area contributed by atoms with Crippen LogP contribution in [0, 0.1) is 0 Å². The van der Waals surface area contributed by atoms with Crippen LogP contribution in [-0.4, -0.2) is 19.5 Å². The molecule has 3 nitrogen and oxygen atoms in total. The van der Waals surface area contributed by atoms with Gasteiger partial charge in [-0.05, 0) is 18.2 Å². The van der Waals surface area contributed by atoms with Gasteiger partial charge >= 0.3 is 0 Å². The maximum absolute atomic E-state index is 12.0. The number of carbonyl (C=O) groups is 1. The molecular formula is C16H18BrN2O+. The van der Waals surface area contributed by atoms with Crippen molar-refractivity contribution in [3.05, 3.63) is 64.6 Å². The van der Waals surface area contributed by atoms with Gasteiger partial charge in [-0.25, -0.2) is 0 Å². The van der Waals surface area contributed by atoms with Gasteiger partial charge < -0.3 is 10.2 Å². The summed E-state index contributed by atoms with van der Waals surface area (Å²) in [6.45, 7) is 1.29. The largest absolute Gasteiger partial charge is 0.326 e. The predicted octanol–water partition coefficient (Wildman–Crippen LogP) is 2.10. The molecule has 0 fully saturated rings. The Bertz CT molecular complexity index is 572. The molecule has 0 aliphatic heterocycles. The summed E-state index contributed by atoms with van der Waals surface area (Å²) < 4.78 is 0.959. The molecule has 0 bridgehead atoms. The van der Waals surface area contributed by atoms with Crippen LogP contribution in [-0.2, 0) is 11.3 Å². The standard InChI is InChI=1S/C16H17BrN2O/c1-19(11-13-6-3-2-4-7-13)12-16(20)18-15-9-5-8-14(17)10-15/h2-10H,11-12H2,1H3,(H,18,20)/p+1. The zero-order valence-electron chi connectivity index (χ0n) is 11.4. The van der Waals surface area contributed by atoms with Gasteiger partial charge in [-0.3, -0.25) is 4.79 Å². The summed E-state index contributed by atoms with van der Waals surface area (Å²) in [6.07, 6.45) is 0. The minimum Gasteiger partial charge on any atom is -0.326 e. The summed E-state index contributed by atoms with van der Waals surface area (Å²) in [4.78, 5) is 13.1. The fraction of sp³-hybridized carbons (Fsp3) is 0.188. The Kier molecular flexibility index (Phi) is 5.32. The molecule has 0 radical (unpaired) electrons. The van der Waals surface area contributed by atoms with E-state index in [1.807, 2.05) is 49.5 Å². The van der Waals surface area contributed by atoms with Crippen LogP contribution in [0.15, 0.2) is 59.1 Å². The van der Waals surface area contributed by atoms with Crippen molar-refractivity contribution >= 4 is 27.5 Å². The molecule has 4 heteroatoms. The van der Waals surface area contributed by atoms with E-state index in [1.54, 1.807) is 0 Å². The fourth-order valence-electron chi connectivity index (χ4n) is 2.05. The maximum Gasteiger partial charge on any atom is 0.279 e. The van der Waals surface area contributed by atoms with Gasteiger partial charge in [0.2, 0.25) is 0 Å². The van der Waals surface area contributed by atoms with Gasteiger partial charge in [0.1, 0.15) is 6.54 Å². The molecule has 1 unspecified atom stereocenters. The summed E-state index contributed by atoms with van der Waals surface area (Å²) in [6, 6.07) is 17.8. The summed E-state index contributed by atoms with van der Waals surface area (Å²) in [5.74, 6) is 0.0246. The van der Waals surface area contributed by atoms with Crippen molar-refractivity contribution in [3.63, 3.8) is 0 Å². The molecule has 1 amide bonds. The van der Waals surface area contributed by atoms with Crippen LogP contribution in [0.3, 0.4) is 0 Å². The van der Waals surface area contributed by atoms with Gasteiger partial charge in [0.05, 0.1) is 7.05 Å². The summed E-state index contributed by atoms with van der Waals surface area (Å²) >= 11 is 3.39. The second-order valence-corrected chi connectivity index (χ2v) is 5.77. The van der Waals surface area contributed by atoms with Crippen LogP contribution in [0.1, 0.15) is 5.56 Å². The van der Waals surface area contributed by atoms with Gasteiger partial charge in [0, 0.05) is 15.7 Å². The lowest BCUT2D eigenvalue weighted by atomic mass is 10.2. The van der Waals surface area contributed by atoms with Gasteiger partial charge in [-0.2, -0.15) is 0 Å².